The van der Waals surface area contributed by atoms with Crippen molar-refractivity contribution in [3.63, 3.8) is 0 Å². The highest BCUT2D eigenvalue weighted by atomic mass is 35.5. The van der Waals surface area contributed by atoms with Crippen LogP contribution in [0.1, 0.15) is 16.7 Å². The maximum atomic E-state index is 12.8. The number of alkyl halides is 3. The Hall–Kier alpha value is -2.48. The van der Waals surface area contributed by atoms with Crippen molar-refractivity contribution in [3.8, 4) is 5.75 Å². The van der Waals surface area contributed by atoms with E-state index in [4.69, 9.17) is 16.3 Å². The number of nitrogens with zero attached hydrogens (tertiary/aromatic N) is 3. The molecule has 1 aromatic carbocycles. The van der Waals surface area contributed by atoms with Gasteiger partial charge in [-0.25, -0.2) is 4.98 Å². The second kappa shape index (κ2) is 8.49. The molecule has 0 atom stereocenters. The van der Waals surface area contributed by atoms with E-state index >= 15 is 0 Å². The molecule has 9 heteroatoms. The molecule has 5 nitrogen and oxygen atoms in total. The first-order valence-electron chi connectivity index (χ1n) is 9.10. The molecule has 1 amide bonds. The van der Waals surface area contributed by atoms with Crippen molar-refractivity contribution in [3.05, 3.63) is 52.2 Å². The molecule has 0 N–H and O–H groups in total. The summed E-state index contributed by atoms with van der Waals surface area (Å²) in [6.07, 6.45) is -3.72. The lowest BCUT2D eigenvalue weighted by Gasteiger charge is -2.35. The van der Waals surface area contributed by atoms with Gasteiger partial charge in [0.1, 0.15) is 11.6 Å². The fourth-order valence-corrected chi connectivity index (χ4v) is 3.31. The summed E-state index contributed by atoms with van der Waals surface area (Å²) in [5.41, 5.74) is 1.35. The fraction of sp³-hybridized carbons (Fsp3) is 0.400. The number of anilines is 1. The van der Waals surface area contributed by atoms with Gasteiger partial charge in [-0.15, -0.1) is 0 Å². The third-order valence-corrected chi connectivity index (χ3v) is 5.20. The molecule has 0 bridgehead atoms. The minimum absolute atomic E-state index is 0.0577. The highest BCUT2D eigenvalue weighted by molar-refractivity contribution is 6.33. The number of benzene rings is 1. The number of piperazine rings is 1. The molecular weight excluding hydrogens is 407 g/mol. The van der Waals surface area contributed by atoms with E-state index in [1.54, 1.807) is 9.80 Å². The fourth-order valence-electron chi connectivity index (χ4n) is 3.03. The summed E-state index contributed by atoms with van der Waals surface area (Å²) in [7, 11) is 0. The first-order valence-corrected chi connectivity index (χ1v) is 9.48. The molecule has 1 fully saturated rings. The van der Waals surface area contributed by atoms with E-state index in [0.717, 1.165) is 23.4 Å². The van der Waals surface area contributed by atoms with Crippen LogP contribution >= 0.6 is 11.6 Å². The molecule has 156 valence electrons. The summed E-state index contributed by atoms with van der Waals surface area (Å²) >= 11 is 6.00. The predicted molar refractivity (Wildman–Crippen MR) is 104 cm³/mol. The molecule has 1 aromatic heterocycles. The van der Waals surface area contributed by atoms with E-state index < -0.39 is 11.7 Å². The Morgan fingerprint density at radius 3 is 2.41 bits per heavy atom. The predicted octanol–water partition coefficient (Wildman–Crippen LogP) is 4.10. The van der Waals surface area contributed by atoms with E-state index in [1.807, 2.05) is 32.0 Å². The van der Waals surface area contributed by atoms with E-state index in [0.29, 0.717) is 31.9 Å². The third kappa shape index (κ3) is 5.12. The number of carbonyl (C=O) groups is 1. The zero-order chi connectivity index (χ0) is 21.2. The monoisotopic (exact) mass is 427 g/mol. The van der Waals surface area contributed by atoms with Crippen LogP contribution in [0.2, 0.25) is 5.02 Å². The van der Waals surface area contributed by atoms with Crippen LogP contribution in [0.4, 0.5) is 19.0 Å². The molecule has 2 heterocycles. The lowest BCUT2D eigenvalue weighted by atomic mass is 10.1. The molecule has 0 aliphatic carbocycles. The quantitative estimate of drug-likeness (QED) is 0.737. The minimum atomic E-state index is -4.49. The van der Waals surface area contributed by atoms with Crippen LogP contribution < -0.4 is 9.64 Å². The molecular formula is C20H21ClF3N3O2. The standard InChI is InChI=1S/C20H21ClF3N3O2/c1-13-3-4-16(9-14(13)2)29-12-18(28)26-5-7-27(8-6-26)19-17(21)10-15(11-25-19)20(22,23)24/h3-4,9-11H,5-8,12H2,1-2H3. The van der Waals surface area contributed by atoms with Crippen molar-refractivity contribution in [2.24, 2.45) is 0 Å². The Morgan fingerprint density at radius 2 is 1.83 bits per heavy atom. The Labute approximate surface area is 172 Å². The van der Waals surface area contributed by atoms with Crippen LogP contribution in [0, 0.1) is 13.8 Å². The van der Waals surface area contributed by atoms with Crippen molar-refractivity contribution < 1.29 is 22.7 Å². The van der Waals surface area contributed by atoms with E-state index in [2.05, 4.69) is 4.98 Å². The first kappa shape index (κ1) is 21.2. The Kier molecular flexibility index (Phi) is 6.21. The van der Waals surface area contributed by atoms with Crippen LogP contribution in [0.3, 0.4) is 0 Å². The molecule has 1 saturated heterocycles. The van der Waals surface area contributed by atoms with Crippen molar-refractivity contribution in [2.45, 2.75) is 20.0 Å². The largest absolute Gasteiger partial charge is 0.484 e. The number of carbonyl (C=O) groups excluding carboxylic acids is 1. The van der Waals surface area contributed by atoms with Gasteiger partial charge in [0, 0.05) is 32.4 Å². The number of hydrogen-bond donors (Lipinski definition) is 0. The van der Waals surface area contributed by atoms with Gasteiger partial charge in [0.15, 0.2) is 6.61 Å². The Morgan fingerprint density at radius 1 is 1.14 bits per heavy atom. The highest BCUT2D eigenvalue weighted by Crippen LogP contribution is 2.33. The lowest BCUT2D eigenvalue weighted by Crippen LogP contribution is -2.50. The van der Waals surface area contributed by atoms with Gasteiger partial charge >= 0.3 is 6.18 Å². The summed E-state index contributed by atoms with van der Waals surface area (Å²) in [5, 5.41) is -0.0577. The van der Waals surface area contributed by atoms with E-state index in [1.165, 1.54) is 0 Å². The number of amides is 1. The number of aryl methyl sites for hydroxylation is 2. The minimum Gasteiger partial charge on any atom is -0.484 e. The van der Waals surface area contributed by atoms with Gasteiger partial charge < -0.3 is 14.5 Å². The van der Waals surface area contributed by atoms with Crippen molar-refractivity contribution in [2.75, 3.05) is 37.7 Å². The van der Waals surface area contributed by atoms with Gasteiger partial charge in [-0.05, 0) is 43.2 Å². The SMILES string of the molecule is Cc1ccc(OCC(=O)N2CCN(c3ncc(C(F)(F)F)cc3Cl)CC2)cc1C. The van der Waals surface area contributed by atoms with Gasteiger partial charge in [0.05, 0.1) is 10.6 Å². The van der Waals surface area contributed by atoms with Gasteiger partial charge in [-0.1, -0.05) is 17.7 Å². The summed E-state index contributed by atoms with van der Waals surface area (Å²) in [5.74, 6) is 0.785. The maximum Gasteiger partial charge on any atom is 0.417 e. The average molecular weight is 428 g/mol. The smallest absolute Gasteiger partial charge is 0.417 e. The molecule has 1 aliphatic rings. The topological polar surface area (TPSA) is 45.7 Å². The van der Waals surface area contributed by atoms with Gasteiger partial charge in [-0.3, -0.25) is 4.79 Å². The average Bonchev–Trinajstić information content (AvgIpc) is 2.68. The normalized spacial score (nSPS) is 14.8. The van der Waals surface area contributed by atoms with Crippen molar-refractivity contribution in [1.29, 1.82) is 0 Å². The zero-order valence-corrected chi connectivity index (χ0v) is 16.8. The molecule has 0 spiro atoms. The van der Waals surface area contributed by atoms with Crippen LogP contribution in [-0.4, -0.2) is 48.6 Å². The number of ether oxygens (including phenoxy) is 1. The molecule has 1 aliphatic heterocycles. The van der Waals surface area contributed by atoms with Gasteiger partial charge in [0.2, 0.25) is 0 Å². The van der Waals surface area contributed by atoms with Crippen LogP contribution in [0.5, 0.6) is 5.75 Å². The van der Waals surface area contributed by atoms with Crippen LogP contribution in [0.25, 0.3) is 0 Å². The summed E-state index contributed by atoms with van der Waals surface area (Å²) in [4.78, 5) is 19.7. The summed E-state index contributed by atoms with van der Waals surface area (Å²) < 4.78 is 43.8. The van der Waals surface area contributed by atoms with Crippen molar-refractivity contribution in [1.82, 2.24) is 9.88 Å². The Balaban J connectivity index is 1.54. The summed E-state index contributed by atoms with van der Waals surface area (Å²) in [6, 6.07) is 6.53. The van der Waals surface area contributed by atoms with Gasteiger partial charge in [-0.2, -0.15) is 13.2 Å². The van der Waals surface area contributed by atoms with E-state index in [-0.39, 0.29) is 23.4 Å². The third-order valence-electron chi connectivity index (χ3n) is 4.92. The zero-order valence-electron chi connectivity index (χ0n) is 16.1. The molecule has 0 radical (unpaired) electrons. The highest BCUT2D eigenvalue weighted by Gasteiger charge is 2.32. The molecule has 2 aromatic rings. The number of rotatable bonds is 4. The second-order valence-electron chi connectivity index (χ2n) is 6.93. The second-order valence-corrected chi connectivity index (χ2v) is 7.34. The lowest BCUT2D eigenvalue weighted by molar-refractivity contribution is -0.138. The van der Waals surface area contributed by atoms with Crippen LogP contribution in [-0.2, 0) is 11.0 Å². The van der Waals surface area contributed by atoms with Gasteiger partial charge in [0.25, 0.3) is 5.91 Å². The molecule has 0 unspecified atom stereocenters. The first-order chi connectivity index (χ1) is 13.6. The molecule has 29 heavy (non-hydrogen) atoms. The number of pyridine rings is 1. The number of halogens is 4. The summed E-state index contributed by atoms with van der Waals surface area (Å²) in [6.45, 7) is 5.58. The van der Waals surface area contributed by atoms with Crippen LogP contribution in [0.15, 0.2) is 30.5 Å². The van der Waals surface area contributed by atoms with E-state index in [9.17, 15) is 18.0 Å². The number of aromatic nitrogens is 1. The Bertz CT molecular complexity index is 897. The number of hydrogen-bond acceptors (Lipinski definition) is 4. The van der Waals surface area contributed by atoms with Crippen molar-refractivity contribution >= 4 is 23.3 Å². The molecule has 0 saturated carbocycles. The molecule has 3 rings (SSSR count). The maximum absolute atomic E-state index is 12.8.